The Morgan fingerprint density at radius 2 is 2.33 bits per heavy atom. The first-order valence-electron chi connectivity index (χ1n) is 4.36. The summed E-state index contributed by atoms with van der Waals surface area (Å²) < 4.78 is 1.39. The maximum Gasteiger partial charge on any atom is 0.218 e. The number of carbonyl (C=O) groups is 1. The molecule has 0 unspecified atom stereocenters. The van der Waals surface area contributed by atoms with Crippen molar-refractivity contribution in [2.75, 3.05) is 0 Å². The first-order valence-corrected chi connectivity index (χ1v) is 4.36. The van der Waals surface area contributed by atoms with E-state index in [1.54, 1.807) is 25.4 Å². The molecule has 0 bridgehead atoms. The lowest BCUT2D eigenvalue weighted by Crippen LogP contribution is -2.03. The van der Waals surface area contributed by atoms with Crippen molar-refractivity contribution in [3.63, 3.8) is 0 Å². The van der Waals surface area contributed by atoms with Crippen molar-refractivity contribution in [1.82, 2.24) is 14.8 Å². The first-order chi connectivity index (χ1) is 7.18. The zero-order valence-electron chi connectivity index (χ0n) is 8.08. The van der Waals surface area contributed by atoms with Crippen molar-refractivity contribution in [2.45, 2.75) is 0 Å². The zero-order valence-corrected chi connectivity index (χ0v) is 8.08. The molecule has 0 saturated carbocycles. The monoisotopic (exact) mass is 203 g/mol. The number of rotatable bonds is 2. The Hall–Kier alpha value is -2.17. The van der Waals surface area contributed by atoms with Crippen LogP contribution in [0.1, 0.15) is 16.1 Å². The van der Waals surface area contributed by atoms with Gasteiger partial charge in [0, 0.05) is 25.0 Å². The maximum atomic E-state index is 11.8. The summed E-state index contributed by atoms with van der Waals surface area (Å²) in [5.41, 5.74) is 0.456. The van der Waals surface area contributed by atoms with E-state index in [9.17, 15) is 9.90 Å². The van der Waals surface area contributed by atoms with Crippen molar-refractivity contribution < 1.29 is 9.90 Å². The average molecular weight is 203 g/mol. The van der Waals surface area contributed by atoms with Gasteiger partial charge in [0.1, 0.15) is 0 Å². The van der Waals surface area contributed by atoms with Gasteiger partial charge < -0.3 is 5.11 Å². The second kappa shape index (κ2) is 3.53. The van der Waals surface area contributed by atoms with Crippen LogP contribution in [-0.2, 0) is 7.05 Å². The summed E-state index contributed by atoms with van der Waals surface area (Å²) in [5, 5.41) is 13.3. The summed E-state index contributed by atoms with van der Waals surface area (Å²) in [6, 6.07) is 3.29. The number of aromatic nitrogens is 3. The molecule has 0 saturated heterocycles. The van der Waals surface area contributed by atoms with Gasteiger partial charge in [-0.15, -0.1) is 0 Å². The fourth-order valence-corrected chi connectivity index (χ4v) is 1.27. The number of pyridine rings is 1. The lowest BCUT2D eigenvalue weighted by Gasteiger charge is -1.96. The fourth-order valence-electron chi connectivity index (χ4n) is 1.27. The smallest absolute Gasteiger partial charge is 0.218 e. The van der Waals surface area contributed by atoms with E-state index in [1.165, 1.54) is 17.1 Å². The summed E-state index contributed by atoms with van der Waals surface area (Å²) in [6.45, 7) is 0. The SMILES string of the molecule is Cn1cc(O)c(C(=O)c2cccnc2)n1. The molecule has 0 amide bonds. The highest BCUT2D eigenvalue weighted by Gasteiger charge is 2.17. The Morgan fingerprint density at radius 1 is 1.53 bits per heavy atom. The van der Waals surface area contributed by atoms with Gasteiger partial charge in [0.2, 0.25) is 5.78 Å². The van der Waals surface area contributed by atoms with Crippen molar-refractivity contribution in [1.29, 1.82) is 0 Å². The first kappa shape index (κ1) is 9.39. The van der Waals surface area contributed by atoms with Gasteiger partial charge in [-0.1, -0.05) is 0 Å². The van der Waals surface area contributed by atoms with Crippen LogP contribution in [0.5, 0.6) is 5.75 Å². The molecule has 2 rings (SSSR count). The molecule has 1 N–H and O–H groups in total. The fraction of sp³-hybridized carbons (Fsp3) is 0.100. The summed E-state index contributed by atoms with van der Waals surface area (Å²) in [5.74, 6) is -0.451. The molecular weight excluding hydrogens is 194 g/mol. The molecule has 5 heteroatoms. The van der Waals surface area contributed by atoms with Crippen LogP contribution in [0.15, 0.2) is 30.7 Å². The van der Waals surface area contributed by atoms with E-state index >= 15 is 0 Å². The summed E-state index contributed by atoms with van der Waals surface area (Å²) in [6.07, 6.45) is 4.40. The minimum atomic E-state index is -0.332. The van der Waals surface area contributed by atoms with Crippen molar-refractivity contribution in [3.05, 3.63) is 42.0 Å². The van der Waals surface area contributed by atoms with Gasteiger partial charge >= 0.3 is 0 Å². The summed E-state index contributed by atoms with van der Waals surface area (Å²) >= 11 is 0. The predicted molar refractivity (Wildman–Crippen MR) is 52.5 cm³/mol. The third-order valence-electron chi connectivity index (χ3n) is 1.95. The Labute approximate surface area is 86.0 Å². The van der Waals surface area contributed by atoms with Gasteiger partial charge in [-0.3, -0.25) is 14.5 Å². The number of hydrogen-bond donors (Lipinski definition) is 1. The van der Waals surface area contributed by atoms with Gasteiger partial charge in [-0.05, 0) is 12.1 Å². The normalized spacial score (nSPS) is 10.2. The van der Waals surface area contributed by atoms with Crippen molar-refractivity contribution in [2.24, 2.45) is 7.05 Å². The van der Waals surface area contributed by atoms with Crippen LogP contribution in [-0.4, -0.2) is 25.7 Å². The Bertz CT molecular complexity index is 491. The molecule has 2 heterocycles. The Kier molecular flexibility index (Phi) is 2.21. The standard InChI is InChI=1S/C10H9N3O2/c1-13-6-8(14)9(12-13)10(15)7-3-2-4-11-5-7/h2-6,14H,1H3. The van der Waals surface area contributed by atoms with Gasteiger partial charge in [0.15, 0.2) is 11.4 Å². The molecule has 2 aromatic heterocycles. The minimum absolute atomic E-state index is 0.0468. The number of carbonyl (C=O) groups excluding carboxylic acids is 1. The average Bonchev–Trinajstić information content (AvgIpc) is 2.58. The van der Waals surface area contributed by atoms with E-state index in [-0.39, 0.29) is 17.2 Å². The Balaban J connectivity index is 2.41. The highest BCUT2D eigenvalue weighted by molar-refractivity contribution is 6.09. The van der Waals surface area contributed by atoms with Gasteiger partial charge in [0.25, 0.3) is 0 Å². The predicted octanol–water partition coefficient (Wildman–Crippen LogP) is 0.752. The third-order valence-corrected chi connectivity index (χ3v) is 1.95. The summed E-state index contributed by atoms with van der Waals surface area (Å²) in [4.78, 5) is 15.6. The highest BCUT2D eigenvalue weighted by Crippen LogP contribution is 2.17. The molecule has 15 heavy (non-hydrogen) atoms. The van der Waals surface area contributed by atoms with Crippen LogP contribution < -0.4 is 0 Å². The number of aromatic hydroxyl groups is 1. The lowest BCUT2D eigenvalue weighted by atomic mass is 10.1. The molecule has 0 spiro atoms. The van der Waals surface area contributed by atoms with Gasteiger partial charge in [-0.25, -0.2) is 0 Å². The van der Waals surface area contributed by atoms with Crippen LogP contribution in [0.3, 0.4) is 0 Å². The largest absolute Gasteiger partial charge is 0.504 e. The molecule has 0 radical (unpaired) electrons. The third kappa shape index (κ3) is 1.71. The second-order valence-corrected chi connectivity index (χ2v) is 3.11. The zero-order chi connectivity index (χ0) is 10.8. The number of ketones is 1. The highest BCUT2D eigenvalue weighted by atomic mass is 16.3. The van der Waals surface area contributed by atoms with Gasteiger partial charge in [-0.2, -0.15) is 5.10 Å². The minimum Gasteiger partial charge on any atom is -0.504 e. The van der Waals surface area contributed by atoms with Crippen molar-refractivity contribution >= 4 is 5.78 Å². The van der Waals surface area contributed by atoms with Crippen LogP contribution in [0.25, 0.3) is 0 Å². The molecule has 0 aliphatic heterocycles. The molecule has 0 aliphatic rings. The van der Waals surface area contributed by atoms with E-state index in [2.05, 4.69) is 10.1 Å². The molecule has 5 nitrogen and oxygen atoms in total. The van der Waals surface area contributed by atoms with E-state index in [0.29, 0.717) is 5.56 Å². The van der Waals surface area contributed by atoms with Crippen LogP contribution in [0, 0.1) is 0 Å². The topological polar surface area (TPSA) is 68.0 Å². The molecule has 76 valence electrons. The Morgan fingerprint density at radius 3 is 2.87 bits per heavy atom. The molecule has 0 atom stereocenters. The number of aryl methyl sites for hydroxylation is 1. The van der Waals surface area contributed by atoms with E-state index < -0.39 is 0 Å². The quantitative estimate of drug-likeness (QED) is 0.731. The molecular formula is C10H9N3O2. The number of nitrogens with zero attached hydrogens (tertiary/aromatic N) is 3. The molecule has 2 aromatic rings. The van der Waals surface area contributed by atoms with Crippen LogP contribution >= 0.6 is 0 Å². The lowest BCUT2D eigenvalue weighted by molar-refractivity contribution is 0.103. The summed E-state index contributed by atoms with van der Waals surface area (Å²) in [7, 11) is 1.64. The van der Waals surface area contributed by atoms with E-state index in [4.69, 9.17) is 0 Å². The molecule has 0 aliphatic carbocycles. The van der Waals surface area contributed by atoms with Crippen LogP contribution in [0.2, 0.25) is 0 Å². The van der Waals surface area contributed by atoms with E-state index in [1.807, 2.05) is 0 Å². The van der Waals surface area contributed by atoms with E-state index in [0.717, 1.165) is 0 Å². The number of hydrogen-bond acceptors (Lipinski definition) is 4. The molecule has 0 fully saturated rings. The van der Waals surface area contributed by atoms with Crippen LogP contribution in [0.4, 0.5) is 0 Å². The second-order valence-electron chi connectivity index (χ2n) is 3.11. The maximum absolute atomic E-state index is 11.8. The van der Waals surface area contributed by atoms with Crippen molar-refractivity contribution in [3.8, 4) is 5.75 Å². The van der Waals surface area contributed by atoms with Gasteiger partial charge in [0.05, 0.1) is 6.20 Å². The molecule has 0 aromatic carbocycles.